The van der Waals surface area contributed by atoms with Crippen LogP contribution in [0.25, 0.3) is 0 Å². The minimum absolute atomic E-state index is 0.0918. The van der Waals surface area contributed by atoms with E-state index in [1.54, 1.807) is 12.1 Å². The van der Waals surface area contributed by atoms with E-state index in [1.807, 2.05) is 0 Å². The van der Waals surface area contributed by atoms with Crippen molar-refractivity contribution in [2.45, 2.75) is 23.9 Å². The molecule has 1 fully saturated rings. The van der Waals surface area contributed by atoms with Crippen molar-refractivity contribution in [3.8, 4) is 0 Å². The monoisotopic (exact) mass is 536 g/mol. The summed E-state index contributed by atoms with van der Waals surface area (Å²) in [5.41, 5.74) is 0.413. The van der Waals surface area contributed by atoms with Gasteiger partial charge in [-0.2, -0.15) is 4.31 Å². The van der Waals surface area contributed by atoms with E-state index < -0.39 is 40.3 Å². The Bertz CT molecular complexity index is 1390. The second kappa shape index (κ2) is 9.82. The first-order valence-corrected chi connectivity index (χ1v) is 12.4. The van der Waals surface area contributed by atoms with Gasteiger partial charge in [-0.05, 0) is 54.6 Å². The number of furan rings is 1. The molecule has 0 saturated carbocycles. The predicted octanol–water partition coefficient (Wildman–Crippen LogP) is 3.90. The summed E-state index contributed by atoms with van der Waals surface area (Å²) in [5.74, 6) is -1.69. The van der Waals surface area contributed by atoms with E-state index in [0.717, 1.165) is 9.21 Å². The van der Waals surface area contributed by atoms with Gasteiger partial charge in [-0.15, -0.1) is 0 Å². The molecule has 12 heteroatoms. The summed E-state index contributed by atoms with van der Waals surface area (Å²) in [5, 5.41) is 0.0398. The third kappa shape index (κ3) is 4.83. The molecular formula is C23H18Cl2N2O7S. The van der Waals surface area contributed by atoms with Gasteiger partial charge in [-0.1, -0.05) is 23.2 Å². The molecule has 1 aromatic heterocycles. The average Bonchev–Trinajstić information content (AvgIpc) is 3.45. The first kappa shape index (κ1) is 24.9. The highest BCUT2D eigenvalue weighted by atomic mass is 35.5. The summed E-state index contributed by atoms with van der Waals surface area (Å²) < 4.78 is 38.2. The molecule has 2 heterocycles. The highest BCUT2D eigenvalue weighted by molar-refractivity contribution is 7.89. The van der Waals surface area contributed by atoms with Gasteiger partial charge in [0.15, 0.2) is 0 Å². The van der Waals surface area contributed by atoms with E-state index in [4.69, 9.17) is 27.6 Å². The highest BCUT2D eigenvalue weighted by Gasteiger charge is 2.47. The fourth-order valence-corrected chi connectivity index (χ4v) is 5.98. The number of halogens is 2. The van der Waals surface area contributed by atoms with Gasteiger partial charge in [0, 0.05) is 5.02 Å². The normalized spacial score (nSPS) is 16.2. The smallest absolute Gasteiger partial charge is 0.337 e. The molecule has 0 spiro atoms. The quantitative estimate of drug-likeness (QED) is 0.332. The molecule has 1 saturated heterocycles. The Kier molecular flexibility index (Phi) is 7.00. The van der Waals surface area contributed by atoms with Crippen LogP contribution >= 0.6 is 23.2 Å². The lowest BCUT2D eigenvalue weighted by molar-refractivity contribution is -0.122. The summed E-state index contributed by atoms with van der Waals surface area (Å²) in [6.45, 7) is -0.322. The molecule has 2 amide bonds. The van der Waals surface area contributed by atoms with Crippen molar-refractivity contribution in [3.05, 3.63) is 82.2 Å². The molecule has 3 aromatic rings. The van der Waals surface area contributed by atoms with E-state index >= 15 is 0 Å². The van der Waals surface area contributed by atoms with Gasteiger partial charge in [0.05, 0.1) is 42.6 Å². The van der Waals surface area contributed by atoms with Crippen LogP contribution in [0.3, 0.4) is 0 Å². The van der Waals surface area contributed by atoms with E-state index in [0.29, 0.717) is 0 Å². The molecule has 0 radical (unpaired) electrons. The first-order chi connectivity index (χ1) is 16.6. The van der Waals surface area contributed by atoms with Crippen LogP contribution < -0.4 is 4.90 Å². The van der Waals surface area contributed by atoms with Crippen molar-refractivity contribution in [1.82, 2.24) is 4.31 Å². The molecule has 0 aliphatic carbocycles. The number of sulfonamides is 1. The number of imide groups is 1. The lowest BCUT2D eigenvalue weighted by Crippen LogP contribution is -2.45. The summed E-state index contributed by atoms with van der Waals surface area (Å²) >= 11 is 12.2. The molecule has 1 atom stereocenters. The second-order valence-corrected chi connectivity index (χ2v) is 10.2. The third-order valence-electron chi connectivity index (χ3n) is 5.39. The maximum atomic E-state index is 13.7. The summed E-state index contributed by atoms with van der Waals surface area (Å²) in [4.78, 5) is 38.6. The largest absolute Gasteiger partial charge is 0.468 e. The van der Waals surface area contributed by atoms with Crippen molar-refractivity contribution < 1.29 is 32.0 Å². The number of ether oxygens (including phenoxy) is 1. The minimum atomic E-state index is -4.40. The van der Waals surface area contributed by atoms with Gasteiger partial charge >= 0.3 is 5.97 Å². The second-order valence-electron chi connectivity index (χ2n) is 7.53. The number of rotatable bonds is 7. The van der Waals surface area contributed by atoms with E-state index in [1.165, 1.54) is 55.8 Å². The van der Waals surface area contributed by atoms with Crippen LogP contribution in [0.2, 0.25) is 10.0 Å². The molecule has 2 aromatic carbocycles. The Balaban J connectivity index is 1.73. The van der Waals surface area contributed by atoms with E-state index in [-0.39, 0.29) is 38.5 Å². The van der Waals surface area contributed by atoms with Gasteiger partial charge in [-0.25, -0.2) is 18.1 Å². The summed E-state index contributed by atoms with van der Waals surface area (Å²) in [6, 6.07) is 11.3. The standard InChI is InChI=1S/C23H18Cl2N2O7S/c1-33-23(30)14-4-7-16(8-5-14)27-21(28)12-19(22(27)29)26(13-17-3-2-10-34-17)35(31,32)20-11-15(24)6-9-18(20)25/h2-11,19H,12-13H2,1H3. The molecular weight excluding hydrogens is 519 g/mol. The molecule has 35 heavy (non-hydrogen) atoms. The predicted molar refractivity (Wildman–Crippen MR) is 127 cm³/mol. The number of amides is 2. The summed E-state index contributed by atoms with van der Waals surface area (Å²) in [6.07, 6.45) is 0.957. The van der Waals surface area contributed by atoms with Crippen LogP contribution in [0, 0.1) is 0 Å². The fraction of sp³-hybridized carbons (Fsp3) is 0.174. The molecule has 4 rings (SSSR count). The maximum Gasteiger partial charge on any atom is 0.337 e. The molecule has 182 valence electrons. The van der Waals surface area contributed by atoms with Crippen molar-refractivity contribution >= 4 is 56.7 Å². The zero-order valence-corrected chi connectivity index (χ0v) is 20.5. The third-order valence-corrected chi connectivity index (χ3v) is 7.96. The molecule has 9 nitrogen and oxygen atoms in total. The zero-order chi connectivity index (χ0) is 25.3. The van der Waals surface area contributed by atoms with Gasteiger partial charge in [0.2, 0.25) is 15.9 Å². The Morgan fingerprint density at radius 1 is 1.14 bits per heavy atom. The number of carbonyl (C=O) groups excluding carboxylic acids is 3. The summed E-state index contributed by atoms with van der Waals surface area (Å²) in [7, 11) is -3.17. The van der Waals surface area contributed by atoms with Crippen LogP contribution in [0.5, 0.6) is 0 Å². The van der Waals surface area contributed by atoms with Crippen LogP contribution in [-0.4, -0.2) is 43.7 Å². The van der Waals surface area contributed by atoms with Gasteiger partial charge in [0.25, 0.3) is 5.91 Å². The van der Waals surface area contributed by atoms with Crippen LogP contribution in [0.4, 0.5) is 5.69 Å². The SMILES string of the molecule is COC(=O)c1ccc(N2C(=O)CC(N(Cc3ccco3)S(=O)(=O)c3cc(Cl)ccc3Cl)C2=O)cc1. The first-order valence-electron chi connectivity index (χ1n) is 10.2. The van der Waals surface area contributed by atoms with Crippen molar-refractivity contribution in [3.63, 3.8) is 0 Å². The van der Waals surface area contributed by atoms with Gasteiger partial charge in [0.1, 0.15) is 16.7 Å². The number of hydrogen-bond donors (Lipinski definition) is 0. The van der Waals surface area contributed by atoms with E-state index in [9.17, 15) is 22.8 Å². The highest BCUT2D eigenvalue weighted by Crippen LogP contribution is 2.34. The fourth-order valence-electron chi connectivity index (χ4n) is 3.70. The van der Waals surface area contributed by atoms with Crippen LogP contribution in [0.1, 0.15) is 22.5 Å². The number of nitrogens with zero attached hydrogens (tertiary/aromatic N) is 2. The van der Waals surface area contributed by atoms with Crippen molar-refractivity contribution in [2.75, 3.05) is 12.0 Å². The Hall–Kier alpha value is -3.18. The van der Waals surface area contributed by atoms with E-state index in [2.05, 4.69) is 4.74 Å². The number of hydrogen-bond acceptors (Lipinski definition) is 7. The van der Waals surface area contributed by atoms with Crippen molar-refractivity contribution in [1.29, 1.82) is 0 Å². The average molecular weight is 537 g/mol. The van der Waals surface area contributed by atoms with Crippen molar-refractivity contribution in [2.24, 2.45) is 0 Å². The Labute approximate surface area is 210 Å². The number of benzene rings is 2. The Morgan fingerprint density at radius 2 is 1.86 bits per heavy atom. The van der Waals surface area contributed by atoms with Crippen LogP contribution in [-0.2, 0) is 30.9 Å². The number of methoxy groups -OCH3 is 1. The zero-order valence-electron chi connectivity index (χ0n) is 18.2. The topological polar surface area (TPSA) is 114 Å². The lowest BCUT2D eigenvalue weighted by Gasteiger charge is -2.26. The molecule has 1 aliphatic heterocycles. The number of esters is 1. The maximum absolute atomic E-state index is 13.7. The molecule has 1 aliphatic rings. The number of carbonyl (C=O) groups is 3. The molecule has 0 N–H and O–H groups in total. The van der Waals surface area contributed by atoms with Gasteiger partial charge < -0.3 is 9.15 Å². The number of anilines is 1. The molecule has 0 bridgehead atoms. The molecule has 1 unspecified atom stereocenters. The van der Waals surface area contributed by atoms with Gasteiger partial charge in [-0.3, -0.25) is 9.59 Å². The Morgan fingerprint density at radius 3 is 2.49 bits per heavy atom. The van der Waals surface area contributed by atoms with Crippen LogP contribution in [0.15, 0.2) is 70.2 Å². The lowest BCUT2D eigenvalue weighted by atomic mass is 10.2. The minimum Gasteiger partial charge on any atom is -0.468 e.